The van der Waals surface area contributed by atoms with Gasteiger partial charge in [-0.15, -0.1) is 0 Å². The van der Waals surface area contributed by atoms with Gasteiger partial charge in [-0.25, -0.2) is 8.42 Å². The van der Waals surface area contributed by atoms with E-state index in [4.69, 9.17) is 0 Å². The fourth-order valence-corrected chi connectivity index (χ4v) is 4.37. The molecule has 0 aromatic heterocycles. The maximum atomic E-state index is 11.5. The summed E-state index contributed by atoms with van der Waals surface area (Å²) in [6, 6.07) is 8.46. The Morgan fingerprint density at radius 3 is 2.41 bits per heavy atom. The molecule has 1 heterocycles. The van der Waals surface area contributed by atoms with Gasteiger partial charge >= 0.3 is 0 Å². The van der Waals surface area contributed by atoms with E-state index in [2.05, 4.69) is 36.5 Å². The summed E-state index contributed by atoms with van der Waals surface area (Å²) < 4.78 is 23.0. The lowest BCUT2D eigenvalue weighted by Crippen LogP contribution is -2.26. The number of nitrogens with one attached hydrogen (secondary N) is 1. The van der Waals surface area contributed by atoms with E-state index >= 15 is 0 Å². The van der Waals surface area contributed by atoms with Gasteiger partial charge in [-0.1, -0.05) is 29.8 Å². The Hall–Kier alpha value is -0.870. The zero-order valence-corrected chi connectivity index (χ0v) is 11.1. The minimum Gasteiger partial charge on any atom is -0.313 e. The number of rotatable bonds is 3. The summed E-state index contributed by atoms with van der Waals surface area (Å²) in [5, 5.41) is 3.25. The van der Waals surface area contributed by atoms with Crippen LogP contribution in [0.5, 0.6) is 0 Å². The quantitative estimate of drug-likeness (QED) is 0.891. The molecule has 94 valence electrons. The van der Waals surface area contributed by atoms with Crippen LogP contribution in [0.25, 0.3) is 0 Å². The zero-order valence-electron chi connectivity index (χ0n) is 10.3. The van der Waals surface area contributed by atoms with Gasteiger partial charge in [0.05, 0.1) is 11.5 Å². The SMILES string of the molecule is CNC(c1ccc(C)cc1)C1CCS(=O)(=O)C1. The molecular formula is C13H19NO2S. The summed E-state index contributed by atoms with van der Waals surface area (Å²) in [7, 11) is -0.908. The van der Waals surface area contributed by atoms with Gasteiger partial charge < -0.3 is 5.32 Å². The molecule has 1 N–H and O–H groups in total. The number of benzene rings is 1. The molecule has 2 rings (SSSR count). The van der Waals surface area contributed by atoms with Crippen molar-refractivity contribution in [2.45, 2.75) is 19.4 Å². The van der Waals surface area contributed by atoms with E-state index < -0.39 is 9.84 Å². The second kappa shape index (κ2) is 4.78. The molecule has 3 nitrogen and oxygen atoms in total. The van der Waals surface area contributed by atoms with E-state index in [0.29, 0.717) is 11.5 Å². The van der Waals surface area contributed by atoms with Crippen LogP contribution in [0.2, 0.25) is 0 Å². The molecule has 1 fully saturated rings. The third-order valence-electron chi connectivity index (χ3n) is 3.49. The molecular weight excluding hydrogens is 234 g/mol. The second-order valence-corrected chi connectivity index (χ2v) is 7.07. The van der Waals surface area contributed by atoms with Gasteiger partial charge in [-0.2, -0.15) is 0 Å². The molecule has 0 spiro atoms. The van der Waals surface area contributed by atoms with Gasteiger partial charge in [-0.3, -0.25) is 0 Å². The maximum absolute atomic E-state index is 11.5. The largest absolute Gasteiger partial charge is 0.313 e. The highest BCUT2D eigenvalue weighted by Gasteiger charge is 2.33. The van der Waals surface area contributed by atoms with Crippen molar-refractivity contribution in [3.63, 3.8) is 0 Å². The van der Waals surface area contributed by atoms with E-state index in [1.54, 1.807) is 0 Å². The molecule has 0 bridgehead atoms. The highest BCUT2D eigenvalue weighted by atomic mass is 32.2. The Kier molecular flexibility index (Phi) is 3.54. The van der Waals surface area contributed by atoms with Crippen molar-refractivity contribution in [3.05, 3.63) is 35.4 Å². The van der Waals surface area contributed by atoms with Crippen molar-refractivity contribution < 1.29 is 8.42 Å². The predicted octanol–water partition coefficient (Wildman–Crippen LogP) is 1.69. The summed E-state index contributed by atoms with van der Waals surface area (Å²) >= 11 is 0. The highest BCUT2D eigenvalue weighted by Crippen LogP contribution is 2.31. The Bertz CT molecular complexity index is 479. The normalized spacial score (nSPS) is 24.7. The third-order valence-corrected chi connectivity index (χ3v) is 5.28. The first-order chi connectivity index (χ1) is 8.02. The summed E-state index contributed by atoms with van der Waals surface area (Å²) in [5.74, 6) is 0.848. The Morgan fingerprint density at radius 1 is 1.29 bits per heavy atom. The fourth-order valence-electron chi connectivity index (χ4n) is 2.53. The summed E-state index contributed by atoms with van der Waals surface area (Å²) in [5.41, 5.74) is 2.41. The van der Waals surface area contributed by atoms with Crippen LogP contribution in [-0.2, 0) is 9.84 Å². The minimum atomic E-state index is -2.81. The molecule has 1 aromatic carbocycles. The average Bonchev–Trinajstić information content (AvgIpc) is 2.63. The van der Waals surface area contributed by atoms with Crippen LogP contribution in [0.1, 0.15) is 23.6 Å². The monoisotopic (exact) mass is 253 g/mol. The van der Waals surface area contributed by atoms with E-state index in [0.717, 1.165) is 6.42 Å². The first-order valence-corrected chi connectivity index (χ1v) is 7.78. The van der Waals surface area contributed by atoms with Crippen LogP contribution in [0.3, 0.4) is 0 Å². The molecule has 17 heavy (non-hydrogen) atoms. The lowest BCUT2D eigenvalue weighted by molar-refractivity contribution is 0.418. The van der Waals surface area contributed by atoms with Crippen molar-refractivity contribution in [1.29, 1.82) is 0 Å². The summed E-state index contributed by atoms with van der Waals surface area (Å²) in [6.45, 7) is 2.05. The van der Waals surface area contributed by atoms with Crippen molar-refractivity contribution >= 4 is 9.84 Å². The number of aryl methyl sites for hydroxylation is 1. The fraction of sp³-hybridized carbons (Fsp3) is 0.538. The van der Waals surface area contributed by atoms with Crippen molar-refractivity contribution in [1.82, 2.24) is 5.32 Å². The van der Waals surface area contributed by atoms with Crippen LogP contribution < -0.4 is 5.32 Å². The molecule has 1 aliphatic heterocycles. The number of sulfone groups is 1. The Labute approximate surface area is 103 Å². The molecule has 1 aromatic rings. The maximum Gasteiger partial charge on any atom is 0.150 e. The zero-order chi connectivity index (χ0) is 12.5. The molecule has 0 aliphatic carbocycles. The first-order valence-electron chi connectivity index (χ1n) is 5.96. The Morgan fingerprint density at radius 2 is 1.94 bits per heavy atom. The topological polar surface area (TPSA) is 46.2 Å². The molecule has 1 aliphatic rings. The molecule has 0 radical (unpaired) electrons. The van der Waals surface area contributed by atoms with Gasteiger partial charge in [0.25, 0.3) is 0 Å². The van der Waals surface area contributed by atoms with Crippen LogP contribution in [0.4, 0.5) is 0 Å². The molecule has 0 saturated carbocycles. The second-order valence-electron chi connectivity index (χ2n) is 4.84. The molecule has 2 atom stereocenters. The number of hydrogen-bond acceptors (Lipinski definition) is 3. The van der Waals surface area contributed by atoms with Crippen molar-refractivity contribution in [2.24, 2.45) is 5.92 Å². The van der Waals surface area contributed by atoms with Crippen LogP contribution in [-0.4, -0.2) is 27.0 Å². The van der Waals surface area contributed by atoms with Gasteiger partial charge in [0.15, 0.2) is 9.84 Å². The van der Waals surface area contributed by atoms with Gasteiger partial charge in [0.2, 0.25) is 0 Å². The third kappa shape index (κ3) is 2.87. The van der Waals surface area contributed by atoms with Gasteiger partial charge in [0, 0.05) is 6.04 Å². The summed E-state index contributed by atoms with van der Waals surface area (Å²) in [4.78, 5) is 0. The van der Waals surface area contributed by atoms with Crippen molar-refractivity contribution in [2.75, 3.05) is 18.6 Å². The first kappa shape index (κ1) is 12.6. The van der Waals surface area contributed by atoms with Gasteiger partial charge in [0.1, 0.15) is 0 Å². The standard InChI is InChI=1S/C13H19NO2S/c1-10-3-5-11(6-4-10)13(14-2)12-7-8-17(15,16)9-12/h3-6,12-14H,7-9H2,1-2H3. The Balaban J connectivity index is 2.20. The summed E-state index contributed by atoms with van der Waals surface area (Å²) in [6.07, 6.45) is 0.766. The molecule has 2 unspecified atom stereocenters. The van der Waals surface area contributed by atoms with E-state index in [9.17, 15) is 8.42 Å². The average molecular weight is 253 g/mol. The van der Waals surface area contributed by atoms with E-state index in [-0.39, 0.29) is 12.0 Å². The lowest BCUT2D eigenvalue weighted by atomic mass is 9.92. The van der Waals surface area contributed by atoms with Crippen LogP contribution in [0.15, 0.2) is 24.3 Å². The van der Waals surface area contributed by atoms with Crippen LogP contribution in [0, 0.1) is 12.8 Å². The molecule has 1 saturated heterocycles. The molecule has 4 heteroatoms. The lowest BCUT2D eigenvalue weighted by Gasteiger charge is -2.22. The van der Waals surface area contributed by atoms with Gasteiger partial charge in [-0.05, 0) is 31.9 Å². The van der Waals surface area contributed by atoms with Crippen LogP contribution >= 0.6 is 0 Å². The van der Waals surface area contributed by atoms with E-state index in [1.165, 1.54) is 11.1 Å². The minimum absolute atomic E-state index is 0.146. The molecule has 0 amide bonds. The highest BCUT2D eigenvalue weighted by molar-refractivity contribution is 7.91. The van der Waals surface area contributed by atoms with E-state index in [1.807, 2.05) is 7.05 Å². The number of hydrogen-bond donors (Lipinski definition) is 1. The van der Waals surface area contributed by atoms with Crippen molar-refractivity contribution in [3.8, 4) is 0 Å². The predicted molar refractivity (Wildman–Crippen MR) is 69.7 cm³/mol. The smallest absolute Gasteiger partial charge is 0.150 e.